The monoisotopic (exact) mass is 497 g/mol. The van der Waals surface area contributed by atoms with Crippen molar-refractivity contribution < 1.29 is 24.2 Å². The molecule has 0 fully saturated rings. The maximum absolute atomic E-state index is 13.7. The van der Waals surface area contributed by atoms with Gasteiger partial charge in [0.2, 0.25) is 5.91 Å². The normalized spacial score (nSPS) is 12.9. The molecule has 0 bridgehead atoms. The van der Waals surface area contributed by atoms with E-state index < -0.39 is 36.3 Å². The molecule has 2 atom stereocenters. The van der Waals surface area contributed by atoms with E-state index in [0.717, 1.165) is 17.5 Å². The number of hydrogen-bond donors (Lipinski definition) is 3. The van der Waals surface area contributed by atoms with Crippen LogP contribution in [0.25, 0.3) is 0 Å². The minimum absolute atomic E-state index is 0.265. The number of aryl methyl sites for hydroxylation is 2. The lowest BCUT2D eigenvalue weighted by Crippen LogP contribution is -2.54. The van der Waals surface area contributed by atoms with Gasteiger partial charge in [-0.2, -0.15) is 0 Å². The van der Waals surface area contributed by atoms with Crippen molar-refractivity contribution in [3.8, 4) is 0 Å². The number of nitrogens with zero attached hydrogens (tertiary/aromatic N) is 1. The van der Waals surface area contributed by atoms with E-state index in [2.05, 4.69) is 10.6 Å². The molecule has 196 valence electrons. The van der Waals surface area contributed by atoms with E-state index in [9.17, 15) is 19.5 Å². The summed E-state index contributed by atoms with van der Waals surface area (Å²) in [7, 11) is 0. The lowest BCUT2D eigenvalue weighted by Gasteiger charge is -2.34. The number of para-hydroxylation sites is 1. The Morgan fingerprint density at radius 3 is 2.22 bits per heavy atom. The number of ether oxygens (including phenoxy) is 1. The Morgan fingerprint density at radius 2 is 1.67 bits per heavy atom. The lowest BCUT2D eigenvalue weighted by molar-refractivity contribution is -0.141. The molecule has 0 aromatic heterocycles. The van der Waals surface area contributed by atoms with E-state index in [1.54, 1.807) is 26.8 Å². The Kier molecular flexibility index (Phi) is 10.5. The summed E-state index contributed by atoms with van der Waals surface area (Å²) in [4.78, 5) is 41.2. The van der Waals surface area contributed by atoms with Gasteiger partial charge in [0, 0.05) is 12.2 Å². The van der Waals surface area contributed by atoms with Gasteiger partial charge in [-0.15, -0.1) is 0 Å². The third kappa shape index (κ3) is 8.37. The number of alkyl carbamates (subject to hydrolysis) is 1. The zero-order chi connectivity index (χ0) is 26.9. The summed E-state index contributed by atoms with van der Waals surface area (Å²) in [5, 5.41) is 15.4. The van der Waals surface area contributed by atoms with Gasteiger partial charge in [0.1, 0.15) is 17.7 Å². The number of hydrogen-bond acceptors (Lipinski definition) is 5. The molecule has 0 saturated heterocycles. The van der Waals surface area contributed by atoms with Gasteiger partial charge in [0.25, 0.3) is 5.91 Å². The van der Waals surface area contributed by atoms with Crippen LogP contribution in [0.1, 0.15) is 63.3 Å². The first-order valence-electron chi connectivity index (χ1n) is 12.3. The topological polar surface area (TPSA) is 108 Å². The van der Waals surface area contributed by atoms with Crippen LogP contribution >= 0.6 is 0 Å². The van der Waals surface area contributed by atoms with Crippen molar-refractivity contribution in [2.75, 3.05) is 18.5 Å². The molecule has 2 aromatic rings. The van der Waals surface area contributed by atoms with Gasteiger partial charge < -0.3 is 25.4 Å². The summed E-state index contributed by atoms with van der Waals surface area (Å²) in [5.74, 6) is -0.950. The van der Waals surface area contributed by atoms with Crippen molar-refractivity contribution in [2.45, 2.75) is 72.1 Å². The maximum Gasteiger partial charge on any atom is 0.408 e. The van der Waals surface area contributed by atoms with Crippen LogP contribution in [-0.4, -0.2) is 52.7 Å². The van der Waals surface area contributed by atoms with Crippen LogP contribution in [0, 0.1) is 13.8 Å². The van der Waals surface area contributed by atoms with Gasteiger partial charge in [-0.25, -0.2) is 4.79 Å². The molecular formula is C28H39N3O5. The summed E-state index contributed by atoms with van der Waals surface area (Å²) in [6.07, 6.45) is 0.602. The Bertz CT molecular complexity index is 1030. The molecule has 2 aromatic carbocycles. The van der Waals surface area contributed by atoms with Crippen molar-refractivity contribution in [3.05, 3.63) is 65.2 Å². The Hall–Kier alpha value is -3.39. The quantitative estimate of drug-likeness (QED) is 0.448. The molecule has 2 unspecified atom stereocenters. The fraction of sp³-hybridized carbons (Fsp3) is 0.464. The van der Waals surface area contributed by atoms with Crippen LogP contribution in [-0.2, 0) is 14.3 Å². The molecule has 3 amide bonds. The van der Waals surface area contributed by atoms with Crippen LogP contribution in [0.2, 0.25) is 0 Å². The molecule has 8 nitrogen and oxygen atoms in total. The number of carbonyl (C=O) groups is 3. The van der Waals surface area contributed by atoms with Crippen LogP contribution in [0.15, 0.2) is 48.5 Å². The number of unbranched alkanes of at least 4 members (excludes halogenated alkanes) is 1. The molecule has 0 aliphatic carbocycles. The number of benzene rings is 2. The van der Waals surface area contributed by atoms with Crippen molar-refractivity contribution in [1.82, 2.24) is 10.2 Å². The van der Waals surface area contributed by atoms with Crippen molar-refractivity contribution in [2.24, 2.45) is 0 Å². The molecule has 8 heteroatoms. The first-order valence-corrected chi connectivity index (χ1v) is 12.3. The zero-order valence-electron chi connectivity index (χ0n) is 22.1. The van der Waals surface area contributed by atoms with Gasteiger partial charge in [-0.1, -0.05) is 61.4 Å². The molecule has 0 aliphatic heterocycles. The van der Waals surface area contributed by atoms with E-state index in [1.807, 2.05) is 63.2 Å². The van der Waals surface area contributed by atoms with Gasteiger partial charge in [-0.3, -0.25) is 9.59 Å². The molecule has 0 heterocycles. The minimum Gasteiger partial charge on any atom is -0.444 e. The largest absolute Gasteiger partial charge is 0.444 e. The second-order valence-corrected chi connectivity index (χ2v) is 9.88. The van der Waals surface area contributed by atoms with Gasteiger partial charge >= 0.3 is 6.09 Å². The van der Waals surface area contributed by atoms with Gasteiger partial charge in [0.15, 0.2) is 0 Å². The van der Waals surface area contributed by atoms with Crippen molar-refractivity contribution >= 4 is 23.6 Å². The Morgan fingerprint density at radius 1 is 1.03 bits per heavy atom. The molecule has 0 aliphatic rings. The first-order chi connectivity index (χ1) is 17.0. The Labute approximate surface area is 214 Å². The number of carbonyl (C=O) groups excluding carboxylic acids is 3. The molecule has 0 spiro atoms. The molecule has 0 saturated carbocycles. The predicted octanol–water partition coefficient (Wildman–Crippen LogP) is 4.50. The third-order valence-electron chi connectivity index (χ3n) is 5.56. The first kappa shape index (κ1) is 28.8. The van der Waals surface area contributed by atoms with Crippen LogP contribution in [0.3, 0.4) is 0 Å². The van der Waals surface area contributed by atoms with Crippen LogP contribution < -0.4 is 10.6 Å². The van der Waals surface area contributed by atoms with E-state index in [0.29, 0.717) is 17.7 Å². The van der Waals surface area contributed by atoms with E-state index in [4.69, 9.17) is 4.74 Å². The highest BCUT2D eigenvalue weighted by Gasteiger charge is 2.36. The second kappa shape index (κ2) is 13.1. The number of amides is 3. The van der Waals surface area contributed by atoms with E-state index >= 15 is 0 Å². The van der Waals surface area contributed by atoms with Crippen LogP contribution in [0.4, 0.5) is 10.5 Å². The standard InChI is InChI=1S/C28H39N3O5/c1-7-8-17-31(26(34)23(18-32)30-27(35)36-28(4,5)6)24(21-15-13-19(2)14-16-21)25(33)29-22-12-10-9-11-20(22)3/h9-16,23-24,32H,7-8,17-18H2,1-6H3,(H,29,33)(H,30,35). The maximum atomic E-state index is 13.7. The molecule has 0 radical (unpaired) electrons. The highest BCUT2D eigenvalue weighted by Crippen LogP contribution is 2.26. The second-order valence-electron chi connectivity index (χ2n) is 9.88. The summed E-state index contributed by atoms with van der Waals surface area (Å²) in [6, 6.07) is 12.6. The minimum atomic E-state index is -1.27. The van der Waals surface area contributed by atoms with E-state index in [1.165, 1.54) is 4.90 Å². The lowest BCUT2D eigenvalue weighted by atomic mass is 10.0. The average molecular weight is 498 g/mol. The molecular weight excluding hydrogens is 458 g/mol. The highest BCUT2D eigenvalue weighted by molar-refractivity contribution is 5.99. The smallest absolute Gasteiger partial charge is 0.408 e. The SMILES string of the molecule is CCCCN(C(=O)C(CO)NC(=O)OC(C)(C)C)C(C(=O)Nc1ccccc1C)c1ccc(C)cc1. The predicted molar refractivity (Wildman–Crippen MR) is 141 cm³/mol. The van der Waals surface area contributed by atoms with Gasteiger partial charge in [-0.05, 0) is 58.2 Å². The zero-order valence-corrected chi connectivity index (χ0v) is 22.1. The fourth-order valence-corrected chi connectivity index (χ4v) is 3.67. The number of aliphatic hydroxyl groups is 1. The number of nitrogens with one attached hydrogen (secondary N) is 2. The third-order valence-corrected chi connectivity index (χ3v) is 5.56. The van der Waals surface area contributed by atoms with E-state index in [-0.39, 0.29) is 12.5 Å². The van der Waals surface area contributed by atoms with Crippen LogP contribution in [0.5, 0.6) is 0 Å². The van der Waals surface area contributed by atoms with Crippen molar-refractivity contribution in [1.29, 1.82) is 0 Å². The fourth-order valence-electron chi connectivity index (χ4n) is 3.67. The summed E-state index contributed by atoms with van der Waals surface area (Å²) >= 11 is 0. The molecule has 2 rings (SSSR count). The van der Waals surface area contributed by atoms with Gasteiger partial charge in [0.05, 0.1) is 6.61 Å². The summed E-state index contributed by atoms with van der Waals surface area (Å²) in [5.41, 5.74) is 2.41. The number of anilines is 1. The molecule has 3 N–H and O–H groups in total. The number of aliphatic hydroxyl groups excluding tert-OH is 1. The summed E-state index contributed by atoms with van der Waals surface area (Å²) in [6.45, 7) is 10.6. The highest BCUT2D eigenvalue weighted by atomic mass is 16.6. The average Bonchev–Trinajstić information content (AvgIpc) is 2.81. The summed E-state index contributed by atoms with van der Waals surface area (Å²) < 4.78 is 5.27. The molecule has 36 heavy (non-hydrogen) atoms. The van der Waals surface area contributed by atoms with Crippen molar-refractivity contribution in [3.63, 3.8) is 0 Å². The number of rotatable bonds is 10. The Balaban J connectivity index is 2.45.